The van der Waals surface area contributed by atoms with Crippen LogP contribution in [0.2, 0.25) is 0 Å². The predicted molar refractivity (Wildman–Crippen MR) is 42.0 cm³/mol. The molecule has 2 fully saturated rings. The highest BCUT2D eigenvalue weighted by Crippen LogP contribution is 2.51. The third kappa shape index (κ3) is 0.926. The molecule has 2 N–H and O–H groups in total. The number of aliphatic hydroxyl groups is 2. The normalized spacial score (nSPS) is 55.4. The van der Waals surface area contributed by atoms with Gasteiger partial charge in [-0.1, -0.05) is 6.92 Å². The first kappa shape index (κ1) is 7.56. The van der Waals surface area contributed by atoms with Gasteiger partial charge in [0.1, 0.15) is 0 Å². The molecule has 2 saturated carbocycles. The van der Waals surface area contributed by atoms with Gasteiger partial charge in [-0.05, 0) is 36.5 Å². The summed E-state index contributed by atoms with van der Waals surface area (Å²) in [5.74, 6) is 2.10. The number of rotatable bonds is 1. The van der Waals surface area contributed by atoms with Gasteiger partial charge in [0, 0.05) is 6.61 Å². The van der Waals surface area contributed by atoms with Gasteiger partial charge in [-0.3, -0.25) is 0 Å². The lowest BCUT2D eigenvalue weighted by Crippen LogP contribution is -2.31. The number of hydrogen-bond acceptors (Lipinski definition) is 2. The molecule has 0 heterocycles. The predicted octanol–water partition coefficient (Wildman–Crippen LogP) is 0.632. The Labute approximate surface area is 67.2 Å². The molecule has 64 valence electrons. The Kier molecular flexibility index (Phi) is 1.69. The van der Waals surface area contributed by atoms with E-state index in [0.717, 1.165) is 12.8 Å². The summed E-state index contributed by atoms with van der Waals surface area (Å²) in [5, 5.41) is 18.6. The maximum atomic E-state index is 9.53. The number of aliphatic hydroxyl groups excluding tert-OH is 2. The molecule has 2 aliphatic rings. The summed E-state index contributed by atoms with van der Waals surface area (Å²) >= 11 is 0. The zero-order valence-electron chi connectivity index (χ0n) is 6.90. The van der Waals surface area contributed by atoms with Crippen LogP contribution in [0.1, 0.15) is 19.8 Å². The topological polar surface area (TPSA) is 40.5 Å². The van der Waals surface area contributed by atoms with Gasteiger partial charge in [0.2, 0.25) is 0 Å². The molecule has 0 radical (unpaired) electrons. The van der Waals surface area contributed by atoms with Crippen LogP contribution in [-0.2, 0) is 0 Å². The van der Waals surface area contributed by atoms with E-state index in [2.05, 4.69) is 6.92 Å². The van der Waals surface area contributed by atoms with E-state index in [1.807, 2.05) is 0 Å². The SMILES string of the molecule is C[C@H]1[C@@H]2CC(O)[C@@H](C2)[C@@H]1CO. The largest absolute Gasteiger partial charge is 0.396 e. The molecule has 5 atom stereocenters. The summed E-state index contributed by atoms with van der Waals surface area (Å²) < 4.78 is 0. The summed E-state index contributed by atoms with van der Waals surface area (Å²) in [4.78, 5) is 0. The van der Waals surface area contributed by atoms with Crippen molar-refractivity contribution < 1.29 is 10.2 Å². The first-order chi connectivity index (χ1) is 5.24. The minimum Gasteiger partial charge on any atom is -0.396 e. The monoisotopic (exact) mass is 156 g/mol. The maximum absolute atomic E-state index is 9.53. The maximum Gasteiger partial charge on any atom is 0.0574 e. The van der Waals surface area contributed by atoms with Crippen molar-refractivity contribution in [3.8, 4) is 0 Å². The van der Waals surface area contributed by atoms with Crippen LogP contribution in [0.5, 0.6) is 0 Å². The minimum atomic E-state index is -0.117. The van der Waals surface area contributed by atoms with Crippen LogP contribution in [0, 0.1) is 23.7 Å². The summed E-state index contributed by atoms with van der Waals surface area (Å²) in [6.07, 6.45) is 2.00. The molecule has 2 nitrogen and oxygen atoms in total. The van der Waals surface area contributed by atoms with Gasteiger partial charge < -0.3 is 10.2 Å². The van der Waals surface area contributed by atoms with Gasteiger partial charge in [0.25, 0.3) is 0 Å². The van der Waals surface area contributed by atoms with Crippen LogP contribution in [0.25, 0.3) is 0 Å². The van der Waals surface area contributed by atoms with E-state index in [9.17, 15) is 5.11 Å². The highest BCUT2D eigenvalue weighted by molar-refractivity contribution is 4.98. The molecule has 2 bridgehead atoms. The van der Waals surface area contributed by atoms with Crippen LogP contribution in [0.3, 0.4) is 0 Å². The molecule has 2 rings (SSSR count). The van der Waals surface area contributed by atoms with E-state index in [1.54, 1.807) is 0 Å². The lowest BCUT2D eigenvalue weighted by molar-refractivity contribution is 0.0309. The first-order valence-electron chi connectivity index (χ1n) is 4.53. The molecule has 0 saturated heterocycles. The molecule has 2 heteroatoms. The lowest BCUT2D eigenvalue weighted by Gasteiger charge is -2.29. The Balaban J connectivity index is 2.13. The molecule has 0 spiro atoms. The molecule has 0 aliphatic heterocycles. The third-order valence-electron chi connectivity index (χ3n) is 3.79. The van der Waals surface area contributed by atoms with E-state index in [-0.39, 0.29) is 12.7 Å². The van der Waals surface area contributed by atoms with Crippen LogP contribution < -0.4 is 0 Å². The van der Waals surface area contributed by atoms with Crippen LogP contribution in [0.15, 0.2) is 0 Å². The van der Waals surface area contributed by atoms with E-state index < -0.39 is 0 Å². The quantitative estimate of drug-likeness (QED) is 0.584. The van der Waals surface area contributed by atoms with E-state index >= 15 is 0 Å². The molecule has 0 aromatic heterocycles. The molecule has 1 unspecified atom stereocenters. The second-order valence-electron chi connectivity index (χ2n) is 4.17. The smallest absolute Gasteiger partial charge is 0.0574 e. The van der Waals surface area contributed by atoms with Gasteiger partial charge in [0.15, 0.2) is 0 Å². The Hall–Kier alpha value is -0.0800. The zero-order chi connectivity index (χ0) is 8.01. The molecule has 0 aromatic carbocycles. The molecular weight excluding hydrogens is 140 g/mol. The summed E-state index contributed by atoms with van der Waals surface area (Å²) in [6.45, 7) is 2.47. The van der Waals surface area contributed by atoms with Crippen LogP contribution in [0.4, 0.5) is 0 Å². The number of fused-ring (bicyclic) bond motifs is 2. The van der Waals surface area contributed by atoms with E-state index in [0.29, 0.717) is 23.7 Å². The Morgan fingerprint density at radius 2 is 2.09 bits per heavy atom. The van der Waals surface area contributed by atoms with Crippen LogP contribution >= 0.6 is 0 Å². The first-order valence-corrected chi connectivity index (χ1v) is 4.53. The zero-order valence-corrected chi connectivity index (χ0v) is 6.90. The van der Waals surface area contributed by atoms with Crippen molar-refractivity contribution in [1.82, 2.24) is 0 Å². The fourth-order valence-electron chi connectivity index (χ4n) is 3.02. The number of hydrogen-bond donors (Lipinski definition) is 2. The van der Waals surface area contributed by atoms with Gasteiger partial charge in [0.05, 0.1) is 6.10 Å². The van der Waals surface area contributed by atoms with Gasteiger partial charge in [-0.25, -0.2) is 0 Å². The lowest BCUT2D eigenvalue weighted by atomic mass is 9.79. The second kappa shape index (κ2) is 2.46. The Morgan fingerprint density at radius 3 is 2.55 bits per heavy atom. The fourth-order valence-corrected chi connectivity index (χ4v) is 3.02. The average Bonchev–Trinajstić information content (AvgIpc) is 2.45. The second-order valence-corrected chi connectivity index (χ2v) is 4.17. The van der Waals surface area contributed by atoms with E-state index in [4.69, 9.17) is 5.11 Å². The highest BCUT2D eigenvalue weighted by atomic mass is 16.3. The molecule has 11 heavy (non-hydrogen) atoms. The standard InChI is InChI=1S/C9H16O2/c1-5-6-2-7(8(5)4-10)9(11)3-6/h5-11H,2-4H2,1H3/t5-,6-,7-,8+,9?/m0/s1. The van der Waals surface area contributed by atoms with Crippen LogP contribution in [-0.4, -0.2) is 22.9 Å². The molecule has 2 aliphatic carbocycles. The Morgan fingerprint density at radius 1 is 1.36 bits per heavy atom. The summed E-state index contributed by atoms with van der Waals surface area (Å²) in [5.41, 5.74) is 0. The summed E-state index contributed by atoms with van der Waals surface area (Å²) in [6, 6.07) is 0. The third-order valence-corrected chi connectivity index (χ3v) is 3.79. The molecule has 0 amide bonds. The van der Waals surface area contributed by atoms with Gasteiger partial charge in [-0.15, -0.1) is 0 Å². The minimum absolute atomic E-state index is 0.117. The molecular formula is C9H16O2. The highest BCUT2D eigenvalue weighted by Gasteiger charge is 2.49. The van der Waals surface area contributed by atoms with Crippen molar-refractivity contribution in [3.63, 3.8) is 0 Å². The Bertz CT molecular complexity index is 158. The van der Waals surface area contributed by atoms with Gasteiger partial charge >= 0.3 is 0 Å². The van der Waals surface area contributed by atoms with Crippen molar-refractivity contribution in [2.45, 2.75) is 25.9 Å². The van der Waals surface area contributed by atoms with Crippen molar-refractivity contribution in [3.05, 3.63) is 0 Å². The average molecular weight is 156 g/mol. The van der Waals surface area contributed by atoms with E-state index in [1.165, 1.54) is 0 Å². The van der Waals surface area contributed by atoms with Gasteiger partial charge in [-0.2, -0.15) is 0 Å². The molecule has 0 aromatic rings. The fraction of sp³-hybridized carbons (Fsp3) is 1.00. The van der Waals surface area contributed by atoms with Crippen molar-refractivity contribution in [1.29, 1.82) is 0 Å². The summed E-state index contributed by atoms with van der Waals surface area (Å²) in [7, 11) is 0. The van der Waals surface area contributed by atoms with Crippen molar-refractivity contribution in [2.24, 2.45) is 23.7 Å². The van der Waals surface area contributed by atoms with Crippen molar-refractivity contribution in [2.75, 3.05) is 6.61 Å². The van der Waals surface area contributed by atoms with Crippen molar-refractivity contribution >= 4 is 0 Å².